The molecule has 2 heterocycles. The number of carbonyl (C=O) groups excluding carboxylic acids is 2. The summed E-state index contributed by atoms with van der Waals surface area (Å²) in [6, 6.07) is 15.3. The molecule has 0 aliphatic carbocycles. The summed E-state index contributed by atoms with van der Waals surface area (Å²) in [6.45, 7) is 0.400. The Morgan fingerprint density at radius 3 is 2.62 bits per heavy atom. The van der Waals surface area contributed by atoms with E-state index in [-0.39, 0.29) is 5.91 Å². The zero-order chi connectivity index (χ0) is 18.1. The maximum absolute atomic E-state index is 12.8. The Balaban J connectivity index is 1.61. The number of carbonyl (C=O) groups is 2. The molecule has 4 rings (SSSR count). The van der Waals surface area contributed by atoms with E-state index in [1.165, 1.54) is 4.70 Å². The van der Waals surface area contributed by atoms with E-state index in [1.54, 1.807) is 22.3 Å². The molecule has 2 amide bonds. The van der Waals surface area contributed by atoms with Crippen LogP contribution >= 0.6 is 11.3 Å². The minimum Gasteiger partial charge on any atom is -0.368 e. The van der Waals surface area contributed by atoms with Crippen LogP contribution < -0.4 is 5.73 Å². The second-order valence-electron chi connectivity index (χ2n) is 6.38. The Bertz CT molecular complexity index is 1020. The van der Waals surface area contributed by atoms with Gasteiger partial charge in [0.25, 0.3) is 0 Å². The van der Waals surface area contributed by atoms with Crippen molar-refractivity contribution in [1.82, 2.24) is 4.90 Å². The van der Waals surface area contributed by atoms with E-state index in [0.717, 1.165) is 22.1 Å². The van der Waals surface area contributed by atoms with Crippen molar-refractivity contribution >= 4 is 39.3 Å². The molecule has 5 heteroatoms. The van der Waals surface area contributed by atoms with E-state index < -0.39 is 11.9 Å². The molecule has 0 fully saturated rings. The number of hydrogen-bond acceptors (Lipinski definition) is 3. The molecule has 1 aromatic heterocycles. The van der Waals surface area contributed by atoms with E-state index in [1.807, 2.05) is 53.9 Å². The lowest BCUT2D eigenvalue weighted by atomic mass is 9.93. The second-order valence-corrected chi connectivity index (χ2v) is 7.29. The van der Waals surface area contributed by atoms with Crippen molar-refractivity contribution in [3.8, 4) is 0 Å². The van der Waals surface area contributed by atoms with Gasteiger partial charge in [-0.3, -0.25) is 9.59 Å². The van der Waals surface area contributed by atoms with Crippen LogP contribution in [0.4, 0.5) is 0 Å². The van der Waals surface area contributed by atoms with Gasteiger partial charge in [-0.2, -0.15) is 0 Å². The van der Waals surface area contributed by atoms with Crippen molar-refractivity contribution < 1.29 is 9.59 Å². The first kappa shape index (κ1) is 16.5. The molecule has 26 heavy (non-hydrogen) atoms. The Labute approximate surface area is 155 Å². The number of hydrogen-bond donors (Lipinski definition) is 1. The predicted molar refractivity (Wildman–Crippen MR) is 105 cm³/mol. The fourth-order valence-corrected chi connectivity index (χ4v) is 4.32. The first-order valence-corrected chi connectivity index (χ1v) is 9.32. The third-order valence-corrected chi connectivity index (χ3v) is 5.76. The summed E-state index contributed by atoms with van der Waals surface area (Å²) in [5.41, 5.74) is 8.71. The Hall–Kier alpha value is -2.92. The van der Waals surface area contributed by atoms with Gasteiger partial charge in [0.05, 0.1) is 0 Å². The third-order valence-electron chi connectivity index (χ3n) is 4.78. The molecule has 0 saturated heterocycles. The van der Waals surface area contributed by atoms with Crippen LogP contribution in [0.25, 0.3) is 16.2 Å². The lowest BCUT2D eigenvalue weighted by molar-refractivity contribution is -0.136. The lowest BCUT2D eigenvalue weighted by Crippen LogP contribution is -2.50. The summed E-state index contributed by atoms with van der Waals surface area (Å²) in [5, 5.41) is 3.16. The first-order chi connectivity index (χ1) is 12.6. The number of amides is 2. The van der Waals surface area contributed by atoms with Crippen molar-refractivity contribution in [3.05, 3.63) is 76.7 Å². The summed E-state index contributed by atoms with van der Waals surface area (Å²) in [4.78, 5) is 26.2. The Morgan fingerprint density at radius 2 is 1.81 bits per heavy atom. The van der Waals surface area contributed by atoms with E-state index in [0.29, 0.717) is 13.0 Å². The van der Waals surface area contributed by atoms with Crippen molar-refractivity contribution in [2.45, 2.75) is 19.0 Å². The highest BCUT2D eigenvalue weighted by atomic mass is 32.1. The van der Waals surface area contributed by atoms with Crippen LogP contribution in [0.2, 0.25) is 0 Å². The van der Waals surface area contributed by atoms with Gasteiger partial charge in [0.2, 0.25) is 11.8 Å². The highest BCUT2D eigenvalue weighted by Gasteiger charge is 2.32. The van der Waals surface area contributed by atoms with Gasteiger partial charge in [-0.05, 0) is 39.6 Å². The van der Waals surface area contributed by atoms with E-state index >= 15 is 0 Å². The van der Waals surface area contributed by atoms with Crippen molar-refractivity contribution in [2.75, 3.05) is 0 Å². The van der Waals surface area contributed by atoms with Crippen LogP contribution in [0.15, 0.2) is 60.0 Å². The number of benzene rings is 2. The molecule has 130 valence electrons. The average Bonchev–Trinajstić information content (AvgIpc) is 3.08. The molecule has 1 unspecified atom stereocenters. The van der Waals surface area contributed by atoms with Crippen LogP contribution in [0.1, 0.15) is 16.7 Å². The van der Waals surface area contributed by atoms with Gasteiger partial charge < -0.3 is 10.6 Å². The van der Waals surface area contributed by atoms with Crippen LogP contribution in [-0.2, 0) is 22.6 Å². The number of nitrogens with zero attached hydrogens (tertiary/aromatic N) is 1. The van der Waals surface area contributed by atoms with Gasteiger partial charge in [0.15, 0.2) is 0 Å². The summed E-state index contributed by atoms with van der Waals surface area (Å²) >= 11 is 1.65. The molecule has 1 aliphatic heterocycles. The molecule has 2 N–H and O–H groups in total. The second kappa shape index (κ2) is 6.77. The summed E-state index contributed by atoms with van der Waals surface area (Å²) in [6.07, 6.45) is 3.82. The molecule has 0 spiro atoms. The average molecular weight is 362 g/mol. The van der Waals surface area contributed by atoms with Crippen LogP contribution in [0.5, 0.6) is 0 Å². The lowest BCUT2D eigenvalue weighted by Gasteiger charge is -2.34. The normalized spacial score (nSPS) is 16.8. The maximum atomic E-state index is 12.8. The smallest absolute Gasteiger partial charge is 0.247 e. The fourth-order valence-electron chi connectivity index (χ4n) is 3.39. The zero-order valence-electron chi connectivity index (χ0n) is 14.1. The van der Waals surface area contributed by atoms with E-state index in [9.17, 15) is 9.59 Å². The fraction of sp³-hybridized carbons (Fsp3) is 0.143. The van der Waals surface area contributed by atoms with Gasteiger partial charge in [-0.25, -0.2) is 0 Å². The quantitative estimate of drug-likeness (QED) is 0.726. The molecule has 1 aliphatic rings. The summed E-state index contributed by atoms with van der Waals surface area (Å²) < 4.78 is 1.18. The molecule has 1 atom stereocenters. The van der Waals surface area contributed by atoms with Crippen LogP contribution in [-0.4, -0.2) is 22.8 Å². The number of thiophene rings is 1. The highest BCUT2D eigenvalue weighted by Crippen LogP contribution is 2.27. The monoisotopic (exact) mass is 362 g/mol. The first-order valence-electron chi connectivity index (χ1n) is 8.44. The molecule has 0 saturated carbocycles. The molecular weight excluding hydrogens is 344 g/mol. The van der Waals surface area contributed by atoms with Gasteiger partial charge in [0, 0.05) is 23.7 Å². The Kier molecular flexibility index (Phi) is 4.31. The largest absolute Gasteiger partial charge is 0.368 e. The number of fused-ring (bicyclic) bond motifs is 2. The van der Waals surface area contributed by atoms with Gasteiger partial charge in [-0.15, -0.1) is 11.3 Å². The number of nitrogens with two attached hydrogens (primary N) is 1. The van der Waals surface area contributed by atoms with Crippen molar-refractivity contribution in [2.24, 2.45) is 5.73 Å². The van der Waals surface area contributed by atoms with E-state index in [4.69, 9.17) is 5.73 Å². The Morgan fingerprint density at radius 1 is 1.08 bits per heavy atom. The van der Waals surface area contributed by atoms with Gasteiger partial charge >= 0.3 is 0 Å². The van der Waals surface area contributed by atoms with Crippen molar-refractivity contribution in [3.63, 3.8) is 0 Å². The standard InChI is InChI=1S/C21H18N2O2S/c22-21(25)18-11-14-5-1-2-6-15(14)12-23(18)20(24)10-9-16-13-26-19-8-4-3-7-17(16)19/h1-10,13,18H,11-12H2,(H2,22,25). The predicted octanol–water partition coefficient (Wildman–Crippen LogP) is 3.35. The summed E-state index contributed by atoms with van der Waals surface area (Å²) in [5.74, 6) is -0.666. The molecule has 0 radical (unpaired) electrons. The highest BCUT2D eigenvalue weighted by molar-refractivity contribution is 7.17. The molecule has 4 nitrogen and oxygen atoms in total. The molecule has 3 aromatic rings. The molecule has 2 aromatic carbocycles. The minimum absolute atomic E-state index is 0.196. The summed E-state index contributed by atoms with van der Waals surface area (Å²) in [7, 11) is 0. The SMILES string of the molecule is NC(=O)C1Cc2ccccc2CN1C(=O)C=Cc1csc2ccccc12. The number of primary amides is 1. The van der Waals surface area contributed by atoms with Gasteiger partial charge in [0.1, 0.15) is 6.04 Å². The van der Waals surface area contributed by atoms with Gasteiger partial charge in [-0.1, -0.05) is 42.5 Å². The molecular formula is C21H18N2O2S. The number of rotatable bonds is 3. The molecule has 0 bridgehead atoms. The van der Waals surface area contributed by atoms with Crippen molar-refractivity contribution in [1.29, 1.82) is 0 Å². The maximum Gasteiger partial charge on any atom is 0.247 e. The topological polar surface area (TPSA) is 63.4 Å². The minimum atomic E-state index is -0.610. The third kappa shape index (κ3) is 3.02. The van der Waals surface area contributed by atoms with Crippen LogP contribution in [0, 0.1) is 0 Å². The van der Waals surface area contributed by atoms with Crippen LogP contribution in [0.3, 0.4) is 0 Å². The van der Waals surface area contributed by atoms with E-state index in [2.05, 4.69) is 6.07 Å². The zero-order valence-corrected chi connectivity index (χ0v) is 14.9.